The van der Waals surface area contributed by atoms with Gasteiger partial charge >= 0.3 is 5.97 Å². The van der Waals surface area contributed by atoms with Crippen LogP contribution in [0, 0.1) is 34.6 Å². The van der Waals surface area contributed by atoms with Crippen LogP contribution in [0.3, 0.4) is 0 Å². The molecule has 0 saturated heterocycles. The zero-order chi connectivity index (χ0) is 50.2. The summed E-state index contributed by atoms with van der Waals surface area (Å²) in [5.74, 6) is 1.88. The molecule has 17 nitrogen and oxygen atoms in total. The third kappa shape index (κ3) is 11.9. The maximum absolute atomic E-state index is 13.6. The van der Waals surface area contributed by atoms with Crippen molar-refractivity contribution in [1.82, 2.24) is 34.8 Å². The maximum atomic E-state index is 13.6. The number of methoxy groups -OCH3 is 1. The second-order valence-electron chi connectivity index (χ2n) is 16.9. The molecule has 71 heavy (non-hydrogen) atoms. The number of nitrogens with one attached hydrogen (secondary N) is 1. The summed E-state index contributed by atoms with van der Waals surface area (Å²) in [5, 5.41) is 23.5. The molecule has 0 spiro atoms. The van der Waals surface area contributed by atoms with E-state index in [1.807, 2.05) is 61.7 Å². The Balaban J connectivity index is 0.719. The lowest BCUT2D eigenvalue weighted by atomic mass is 9.99. The van der Waals surface area contributed by atoms with Gasteiger partial charge in [-0.2, -0.15) is 0 Å². The number of amides is 1. The van der Waals surface area contributed by atoms with Gasteiger partial charge in [-0.25, -0.2) is 0 Å². The standard InChI is InChI=1S/C50H55Cl2N9O8S2/c1-28-30(3)70-49-41(28)43(33-9-13-35(51)14-10-33)54-38(46-58-56-31(4)60(46)49)26-37(62)8-7-18-66-20-22-68-24-25-69-23-21-67-19-17-53-48(64)45-29(2)42-44(34-11-15-36(52)16-12-34)55-39(27-40(63)65-6)47-59-57-32(5)61(47)50(42)71-45/h9-16,38-39H,7-8,17-27H2,1-6H3,(H,53,64)/t38-,39-/m0/s1. The number of thiophene rings is 2. The summed E-state index contributed by atoms with van der Waals surface area (Å²) in [6.07, 6.45) is 1.09. The van der Waals surface area contributed by atoms with Crippen molar-refractivity contribution >= 4 is 75.0 Å². The van der Waals surface area contributed by atoms with E-state index in [1.54, 1.807) is 23.5 Å². The molecule has 1 N–H and O–H groups in total. The van der Waals surface area contributed by atoms with E-state index in [0.717, 1.165) is 54.9 Å². The highest BCUT2D eigenvalue weighted by molar-refractivity contribution is 7.17. The number of aryl methyl sites for hydroxylation is 3. The van der Waals surface area contributed by atoms with Gasteiger partial charge in [0.2, 0.25) is 0 Å². The Labute approximate surface area is 429 Å². The SMILES string of the molecule is COC(=O)C[C@@H]1N=C(c2ccc(Cl)cc2)c2c(sc(C(=O)NCCOCCOCCOCCOCCCC(=O)C[C@@H]3N=C(c4ccc(Cl)cc4)c4c(sc(C)c4C)-n4c(C)nnc43)c2C)-n2c(C)nnc21. The molecule has 4 aromatic heterocycles. The zero-order valence-electron chi connectivity index (χ0n) is 40.4. The van der Waals surface area contributed by atoms with Crippen molar-refractivity contribution in [3.05, 3.63) is 125 Å². The molecule has 2 aliphatic heterocycles. The minimum Gasteiger partial charge on any atom is -0.469 e. The number of aliphatic imine (C=N–C) groups is 2. The fourth-order valence-corrected chi connectivity index (χ4v) is 11.1. The number of hydrogen-bond acceptors (Lipinski definition) is 16. The highest BCUT2D eigenvalue weighted by Crippen LogP contribution is 2.42. The molecule has 6 aromatic rings. The van der Waals surface area contributed by atoms with E-state index in [1.165, 1.54) is 23.3 Å². The van der Waals surface area contributed by atoms with Gasteiger partial charge in [0.1, 0.15) is 39.5 Å². The fraction of sp³-hybridized carbons (Fsp3) is 0.420. The monoisotopic (exact) mass is 1040 g/mol. The number of ether oxygens (including phenoxy) is 5. The molecule has 8 rings (SSSR count). The summed E-state index contributed by atoms with van der Waals surface area (Å²) >= 11 is 15.5. The van der Waals surface area contributed by atoms with Crippen molar-refractivity contribution in [3.63, 3.8) is 0 Å². The lowest BCUT2D eigenvalue weighted by molar-refractivity contribution is -0.141. The van der Waals surface area contributed by atoms with Crippen LogP contribution in [0.2, 0.25) is 10.0 Å². The minimum atomic E-state index is -0.667. The number of carbonyl (C=O) groups excluding carboxylic acids is 3. The Kier molecular flexibility index (Phi) is 17.4. The van der Waals surface area contributed by atoms with Crippen molar-refractivity contribution in [2.24, 2.45) is 9.98 Å². The number of benzene rings is 2. The van der Waals surface area contributed by atoms with Crippen molar-refractivity contribution < 1.29 is 38.1 Å². The summed E-state index contributed by atoms with van der Waals surface area (Å²) in [5.41, 5.74) is 6.79. The predicted octanol–water partition coefficient (Wildman–Crippen LogP) is 8.40. The van der Waals surface area contributed by atoms with Gasteiger partial charge in [-0.3, -0.25) is 33.5 Å². The predicted molar refractivity (Wildman–Crippen MR) is 273 cm³/mol. The molecule has 2 aliphatic rings. The van der Waals surface area contributed by atoms with Crippen LogP contribution in [0.4, 0.5) is 0 Å². The van der Waals surface area contributed by atoms with Crippen molar-refractivity contribution in [3.8, 4) is 10.0 Å². The van der Waals surface area contributed by atoms with Gasteiger partial charge < -0.3 is 29.0 Å². The molecule has 1 amide bonds. The summed E-state index contributed by atoms with van der Waals surface area (Å²) in [7, 11) is 1.34. The summed E-state index contributed by atoms with van der Waals surface area (Å²) in [6, 6.07) is 13.8. The normalized spacial score (nSPS) is 14.9. The van der Waals surface area contributed by atoms with E-state index in [-0.39, 0.29) is 37.7 Å². The van der Waals surface area contributed by atoms with E-state index in [0.29, 0.717) is 97.2 Å². The van der Waals surface area contributed by atoms with Crippen LogP contribution in [0.15, 0.2) is 58.5 Å². The number of hydrogen-bond donors (Lipinski definition) is 1. The maximum Gasteiger partial charge on any atom is 0.308 e. The molecule has 21 heteroatoms. The molecule has 0 radical (unpaired) electrons. The lowest BCUT2D eigenvalue weighted by Gasteiger charge is -2.12. The number of rotatable bonds is 23. The van der Waals surface area contributed by atoms with Gasteiger partial charge in [-0.1, -0.05) is 47.5 Å². The molecular formula is C50H55Cl2N9O8S2. The van der Waals surface area contributed by atoms with Crippen LogP contribution in [0.5, 0.6) is 0 Å². The van der Waals surface area contributed by atoms with Crippen LogP contribution in [-0.2, 0) is 33.3 Å². The third-order valence-electron chi connectivity index (χ3n) is 12.1. The van der Waals surface area contributed by atoms with Crippen molar-refractivity contribution in [2.75, 3.05) is 66.5 Å². The smallest absolute Gasteiger partial charge is 0.308 e. The fourth-order valence-electron chi connectivity index (χ4n) is 8.38. The zero-order valence-corrected chi connectivity index (χ0v) is 43.5. The van der Waals surface area contributed by atoms with Crippen LogP contribution >= 0.6 is 45.9 Å². The van der Waals surface area contributed by atoms with E-state index >= 15 is 0 Å². The summed E-state index contributed by atoms with van der Waals surface area (Å²) in [6.45, 7) is 13.1. The van der Waals surface area contributed by atoms with Gasteiger partial charge in [0.25, 0.3) is 5.91 Å². The first kappa shape index (κ1) is 51.8. The lowest BCUT2D eigenvalue weighted by Crippen LogP contribution is -2.27. The van der Waals surface area contributed by atoms with E-state index < -0.39 is 18.1 Å². The number of fused-ring (bicyclic) bond motifs is 6. The molecule has 374 valence electrons. The second-order valence-corrected chi connectivity index (χ2v) is 20.0. The molecule has 6 heterocycles. The van der Waals surface area contributed by atoms with E-state index in [4.69, 9.17) is 56.9 Å². The Morgan fingerprint density at radius 2 is 1.10 bits per heavy atom. The van der Waals surface area contributed by atoms with Gasteiger partial charge in [-0.05, 0) is 76.4 Å². The number of nitrogens with zero attached hydrogens (tertiary/aromatic N) is 8. The topological polar surface area (TPSA) is 196 Å². The van der Waals surface area contributed by atoms with E-state index in [2.05, 4.69) is 44.1 Å². The number of esters is 1. The van der Waals surface area contributed by atoms with E-state index in [9.17, 15) is 14.4 Å². The molecule has 2 atom stereocenters. The highest BCUT2D eigenvalue weighted by Gasteiger charge is 2.35. The summed E-state index contributed by atoms with van der Waals surface area (Å²) < 4.78 is 31.7. The Morgan fingerprint density at radius 3 is 1.63 bits per heavy atom. The van der Waals surface area contributed by atoms with Crippen LogP contribution < -0.4 is 5.32 Å². The first-order valence-corrected chi connectivity index (χ1v) is 25.7. The van der Waals surface area contributed by atoms with Crippen LogP contribution in [0.25, 0.3) is 10.0 Å². The second kappa shape index (κ2) is 23.8. The molecule has 2 aromatic carbocycles. The largest absolute Gasteiger partial charge is 0.469 e. The molecule has 0 unspecified atom stereocenters. The minimum absolute atomic E-state index is 0.0345. The van der Waals surface area contributed by atoms with Gasteiger partial charge in [0, 0.05) is 63.2 Å². The quantitative estimate of drug-likeness (QED) is 0.0476. The first-order chi connectivity index (χ1) is 34.3. The molecule has 0 bridgehead atoms. The third-order valence-corrected chi connectivity index (χ3v) is 15.1. The van der Waals surface area contributed by atoms with Crippen molar-refractivity contribution in [1.29, 1.82) is 0 Å². The molecule has 0 fully saturated rings. The van der Waals surface area contributed by atoms with Crippen LogP contribution in [-0.4, -0.2) is 125 Å². The number of aromatic nitrogens is 6. The first-order valence-electron chi connectivity index (χ1n) is 23.3. The molecule has 0 aliphatic carbocycles. The van der Waals surface area contributed by atoms with Gasteiger partial charge in [0.05, 0.1) is 76.1 Å². The average Bonchev–Trinajstić information content (AvgIpc) is 4.06. The van der Waals surface area contributed by atoms with Gasteiger partial charge in [-0.15, -0.1) is 43.1 Å². The molecular weight excluding hydrogens is 990 g/mol. The Morgan fingerprint density at radius 1 is 0.620 bits per heavy atom. The van der Waals surface area contributed by atoms with Crippen LogP contribution in [0.1, 0.15) is 109 Å². The number of halogens is 2. The Bertz CT molecular complexity index is 2940. The number of Topliss-reactive ketones (excluding diaryl/α,β-unsaturated/α-hetero) is 1. The van der Waals surface area contributed by atoms with Crippen molar-refractivity contribution in [2.45, 2.75) is 72.4 Å². The number of carbonyl (C=O) groups is 3. The van der Waals surface area contributed by atoms with Gasteiger partial charge in [0.15, 0.2) is 11.6 Å². The average molecular weight is 1050 g/mol. The number of ketones is 1. The Hall–Kier alpha value is -5.51. The molecule has 0 saturated carbocycles. The summed E-state index contributed by atoms with van der Waals surface area (Å²) in [4.78, 5) is 51.4. The highest BCUT2D eigenvalue weighted by atomic mass is 35.5.